The number of carbonyl (C=O) groups is 1. The number of hydrogen-bond donors (Lipinski definition) is 1. The van der Waals surface area contributed by atoms with E-state index in [1.165, 1.54) is 0 Å². The molecular formula is C12H21F3N2O2. The normalized spacial score (nSPS) is 20.3. The Hall–Kier alpha value is -0.820. The first-order valence-corrected chi connectivity index (χ1v) is 6.47. The van der Waals surface area contributed by atoms with Gasteiger partial charge in [0.25, 0.3) is 0 Å². The monoisotopic (exact) mass is 282 g/mol. The second kappa shape index (κ2) is 7.69. The van der Waals surface area contributed by atoms with Crippen LogP contribution in [0.4, 0.5) is 13.2 Å². The third kappa shape index (κ3) is 7.37. The lowest BCUT2D eigenvalue weighted by Crippen LogP contribution is -2.39. The number of halogens is 3. The Bertz CT molecular complexity index is 279. The first-order chi connectivity index (χ1) is 8.88. The van der Waals surface area contributed by atoms with Gasteiger partial charge in [-0.05, 0) is 31.8 Å². The number of amides is 1. The molecule has 0 aliphatic carbocycles. The smallest absolute Gasteiger partial charge is 0.372 e. The summed E-state index contributed by atoms with van der Waals surface area (Å²) >= 11 is 0. The second-order valence-electron chi connectivity index (χ2n) is 4.90. The van der Waals surface area contributed by atoms with E-state index in [1.54, 1.807) is 11.9 Å². The van der Waals surface area contributed by atoms with Gasteiger partial charge in [0.2, 0.25) is 5.91 Å². The maximum atomic E-state index is 11.8. The van der Waals surface area contributed by atoms with Gasteiger partial charge in [-0.2, -0.15) is 13.2 Å². The molecule has 0 aromatic heterocycles. The maximum absolute atomic E-state index is 11.8. The Labute approximate surface area is 111 Å². The van der Waals surface area contributed by atoms with E-state index >= 15 is 0 Å². The van der Waals surface area contributed by atoms with E-state index in [4.69, 9.17) is 0 Å². The molecule has 1 N–H and O–H groups in total. The molecular weight excluding hydrogens is 261 g/mol. The Morgan fingerprint density at radius 1 is 1.47 bits per heavy atom. The number of rotatable bonds is 6. The minimum Gasteiger partial charge on any atom is -0.372 e. The van der Waals surface area contributed by atoms with E-state index in [9.17, 15) is 18.0 Å². The van der Waals surface area contributed by atoms with E-state index in [0.29, 0.717) is 12.5 Å². The fourth-order valence-electron chi connectivity index (χ4n) is 2.11. The highest BCUT2D eigenvalue weighted by Crippen LogP contribution is 2.15. The molecule has 19 heavy (non-hydrogen) atoms. The van der Waals surface area contributed by atoms with Gasteiger partial charge in [0, 0.05) is 13.6 Å². The summed E-state index contributed by atoms with van der Waals surface area (Å²) in [5.74, 6) is 0.256. The molecule has 1 aliphatic rings. The van der Waals surface area contributed by atoms with Crippen molar-refractivity contribution in [1.82, 2.24) is 10.2 Å². The number of nitrogens with one attached hydrogen (secondary N) is 1. The first kappa shape index (κ1) is 16.2. The number of piperidine rings is 1. The zero-order valence-corrected chi connectivity index (χ0v) is 11.1. The van der Waals surface area contributed by atoms with E-state index in [0.717, 1.165) is 25.9 Å². The SMILES string of the molecule is CN(CC1CCCNC1)C(=O)CCOCC(F)(F)F. The van der Waals surface area contributed by atoms with Crippen LogP contribution in [0, 0.1) is 5.92 Å². The first-order valence-electron chi connectivity index (χ1n) is 6.47. The minimum atomic E-state index is -4.33. The topological polar surface area (TPSA) is 41.6 Å². The molecule has 1 amide bonds. The molecule has 1 saturated heterocycles. The fourth-order valence-corrected chi connectivity index (χ4v) is 2.11. The average molecular weight is 282 g/mol. The predicted molar refractivity (Wildman–Crippen MR) is 64.7 cm³/mol. The Kier molecular flexibility index (Phi) is 6.57. The van der Waals surface area contributed by atoms with Crippen molar-refractivity contribution in [2.24, 2.45) is 5.92 Å². The quantitative estimate of drug-likeness (QED) is 0.749. The van der Waals surface area contributed by atoms with Crippen molar-refractivity contribution < 1.29 is 22.7 Å². The second-order valence-corrected chi connectivity index (χ2v) is 4.90. The van der Waals surface area contributed by atoms with Crippen LogP contribution < -0.4 is 5.32 Å². The molecule has 1 unspecified atom stereocenters. The zero-order valence-electron chi connectivity index (χ0n) is 11.1. The summed E-state index contributed by atoms with van der Waals surface area (Å²) in [5.41, 5.74) is 0. The molecule has 1 aliphatic heterocycles. The molecule has 0 bridgehead atoms. The molecule has 0 spiro atoms. The number of alkyl halides is 3. The molecule has 0 saturated carbocycles. The van der Waals surface area contributed by atoms with Crippen LogP contribution in [0.25, 0.3) is 0 Å². The number of carbonyl (C=O) groups excluding carboxylic acids is 1. The third-order valence-corrected chi connectivity index (χ3v) is 3.08. The Morgan fingerprint density at radius 2 is 2.21 bits per heavy atom. The van der Waals surface area contributed by atoms with Crippen molar-refractivity contribution in [1.29, 1.82) is 0 Å². The van der Waals surface area contributed by atoms with Crippen LogP contribution in [0.5, 0.6) is 0 Å². The predicted octanol–water partition coefficient (Wildman–Crippen LogP) is 1.41. The van der Waals surface area contributed by atoms with Gasteiger partial charge in [0.15, 0.2) is 0 Å². The molecule has 0 aromatic carbocycles. The highest BCUT2D eigenvalue weighted by atomic mass is 19.4. The van der Waals surface area contributed by atoms with Crippen molar-refractivity contribution in [2.45, 2.75) is 25.4 Å². The van der Waals surface area contributed by atoms with E-state index < -0.39 is 12.8 Å². The van der Waals surface area contributed by atoms with Crippen molar-refractivity contribution in [3.63, 3.8) is 0 Å². The van der Waals surface area contributed by atoms with Gasteiger partial charge in [-0.3, -0.25) is 4.79 Å². The summed E-state index contributed by atoms with van der Waals surface area (Å²) in [5, 5.41) is 3.26. The number of nitrogens with zero attached hydrogens (tertiary/aromatic N) is 1. The molecule has 1 rings (SSSR count). The molecule has 1 atom stereocenters. The van der Waals surface area contributed by atoms with Crippen LogP contribution in [0.3, 0.4) is 0 Å². The van der Waals surface area contributed by atoms with E-state index in [2.05, 4.69) is 10.1 Å². The van der Waals surface area contributed by atoms with Gasteiger partial charge >= 0.3 is 6.18 Å². The largest absolute Gasteiger partial charge is 0.411 e. The van der Waals surface area contributed by atoms with E-state index in [-0.39, 0.29) is 18.9 Å². The van der Waals surface area contributed by atoms with Crippen LogP contribution in [0.2, 0.25) is 0 Å². The Balaban J connectivity index is 2.14. The van der Waals surface area contributed by atoms with Crippen LogP contribution in [0.1, 0.15) is 19.3 Å². The van der Waals surface area contributed by atoms with Crippen molar-refractivity contribution in [2.75, 3.05) is 39.9 Å². The van der Waals surface area contributed by atoms with Gasteiger partial charge in [-0.25, -0.2) is 0 Å². The van der Waals surface area contributed by atoms with Crippen molar-refractivity contribution in [3.05, 3.63) is 0 Å². The zero-order chi connectivity index (χ0) is 14.3. The maximum Gasteiger partial charge on any atom is 0.411 e. The minimum absolute atomic E-state index is 0.00721. The molecule has 1 fully saturated rings. The van der Waals surface area contributed by atoms with Crippen LogP contribution in [-0.4, -0.2) is 56.9 Å². The summed E-state index contributed by atoms with van der Waals surface area (Å²) in [6.07, 6.45) is -2.16. The van der Waals surface area contributed by atoms with Gasteiger partial charge in [0.1, 0.15) is 6.61 Å². The molecule has 0 aromatic rings. The summed E-state index contributed by atoms with van der Waals surface area (Å²) in [4.78, 5) is 13.3. The standard InChI is InChI=1S/C12H21F3N2O2/c1-17(8-10-3-2-5-16-7-10)11(18)4-6-19-9-12(13,14)15/h10,16H,2-9H2,1H3. The summed E-state index contributed by atoms with van der Waals surface area (Å²) < 4.78 is 39.9. The highest BCUT2D eigenvalue weighted by molar-refractivity contribution is 5.75. The van der Waals surface area contributed by atoms with Gasteiger partial charge < -0.3 is 15.0 Å². The number of ether oxygens (including phenoxy) is 1. The number of hydrogen-bond acceptors (Lipinski definition) is 3. The van der Waals surface area contributed by atoms with Crippen molar-refractivity contribution >= 4 is 5.91 Å². The molecule has 4 nitrogen and oxygen atoms in total. The van der Waals surface area contributed by atoms with Gasteiger partial charge in [0.05, 0.1) is 13.0 Å². The lowest BCUT2D eigenvalue weighted by Gasteiger charge is -2.27. The molecule has 0 radical (unpaired) electrons. The summed E-state index contributed by atoms with van der Waals surface area (Å²) in [6, 6.07) is 0. The van der Waals surface area contributed by atoms with Gasteiger partial charge in [-0.15, -0.1) is 0 Å². The Morgan fingerprint density at radius 3 is 2.79 bits per heavy atom. The fraction of sp³-hybridized carbons (Fsp3) is 0.917. The molecule has 1 heterocycles. The molecule has 112 valence electrons. The van der Waals surface area contributed by atoms with Crippen molar-refractivity contribution in [3.8, 4) is 0 Å². The average Bonchev–Trinajstić information content (AvgIpc) is 2.34. The highest BCUT2D eigenvalue weighted by Gasteiger charge is 2.27. The van der Waals surface area contributed by atoms with Gasteiger partial charge in [-0.1, -0.05) is 0 Å². The third-order valence-electron chi connectivity index (χ3n) is 3.08. The lowest BCUT2D eigenvalue weighted by atomic mass is 9.99. The van der Waals surface area contributed by atoms with E-state index in [1.807, 2.05) is 0 Å². The van der Waals surface area contributed by atoms with Crippen LogP contribution in [-0.2, 0) is 9.53 Å². The van der Waals surface area contributed by atoms with Crippen LogP contribution in [0.15, 0.2) is 0 Å². The molecule has 7 heteroatoms. The van der Waals surface area contributed by atoms with Crippen LogP contribution >= 0.6 is 0 Å². The lowest BCUT2D eigenvalue weighted by molar-refractivity contribution is -0.175. The summed E-state index contributed by atoms with van der Waals surface area (Å²) in [6.45, 7) is 1.06. The summed E-state index contributed by atoms with van der Waals surface area (Å²) in [7, 11) is 1.68.